The van der Waals surface area contributed by atoms with E-state index >= 15 is 0 Å². The van der Waals surface area contributed by atoms with Gasteiger partial charge in [-0.1, -0.05) is 58.3 Å². The van der Waals surface area contributed by atoms with Crippen LogP contribution in [0.2, 0.25) is 0 Å². The largest absolute Gasteiger partial charge is 0.394 e. The molecule has 164 valence electrons. The molecular weight excluding hydrogens is 374 g/mol. The van der Waals surface area contributed by atoms with Crippen molar-refractivity contribution in [1.82, 2.24) is 9.55 Å². The van der Waals surface area contributed by atoms with E-state index in [9.17, 15) is 14.7 Å². The van der Waals surface area contributed by atoms with E-state index in [2.05, 4.69) is 17.2 Å². The third kappa shape index (κ3) is 7.87. The average molecular weight is 410 g/mol. The summed E-state index contributed by atoms with van der Waals surface area (Å²) in [6, 6.07) is 1.51. The second kappa shape index (κ2) is 12.7. The molecule has 1 aliphatic heterocycles. The molecule has 0 spiro atoms. The van der Waals surface area contributed by atoms with Crippen LogP contribution in [0.5, 0.6) is 0 Å². The van der Waals surface area contributed by atoms with Crippen molar-refractivity contribution in [2.45, 2.75) is 96.0 Å². The molecule has 3 atom stereocenters. The van der Waals surface area contributed by atoms with E-state index in [1.54, 1.807) is 0 Å². The molecule has 1 saturated heterocycles. The molecular formula is C21H35N3O5. The van der Waals surface area contributed by atoms with E-state index in [1.165, 1.54) is 55.4 Å². The summed E-state index contributed by atoms with van der Waals surface area (Å²) in [5, 5.41) is 21.8. The van der Waals surface area contributed by atoms with Gasteiger partial charge in [-0.3, -0.25) is 9.36 Å². The maximum Gasteiger partial charge on any atom is 0.351 e. The molecule has 8 nitrogen and oxygen atoms in total. The number of carbonyl (C=O) groups excluding carboxylic acids is 1. The highest BCUT2D eigenvalue weighted by Crippen LogP contribution is 2.27. The third-order valence-corrected chi connectivity index (χ3v) is 5.25. The van der Waals surface area contributed by atoms with E-state index in [-0.39, 0.29) is 24.8 Å². The fraction of sp³-hybridized carbons (Fsp3) is 0.762. The Kier molecular flexibility index (Phi) is 10.3. The molecule has 8 heteroatoms. The lowest BCUT2D eigenvalue weighted by Crippen LogP contribution is -2.32. The van der Waals surface area contributed by atoms with Gasteiger partial charge in [0.05, 0.1) is 12.7 Å². The normalized spacial score (nSPS) is 21.4. The summed E-state index contributed by atoms with van der Waals surface area (Å²) in [6.07, 6.45) is 10.5. The first kappa shape index (κ1) is 23.5. The summed E-state index contributed by atoms with van der Waals surface area (Å²) in [4.78, 5) is 28.1. The lowest BCUT2D eigenvalue weighted by Gasteiger charge is -2.17. The number of carbonyl (C=O) groups is 1. The first-order valence-electron chi connectivity index (χ1n) is 10.9. The molecule has 2 rings (SSSR count). The minimum absolute atomic E-state index is 0.157. The van der Waals surface area contributed by atoms with Crippen molar-refractivity contribution >= 4 is 11.7 Å². The number of hydrogen-bond donors (Lipinski definition) is 3. The topological polar surface area (TPSA) is 114 Å². The highest BCUT2D eigenvalue weighted by molar-refractivity contribution is 5.89. The Morgan fingerprint density at radius 1 is 1.21 bits per heavy atom. The number of amides is 1. The Morgan fingerprint density at radius 2 is 1.86 bits per heavy atom. The maximum absolute atomic E-state index is 12.2. The van der Waals surface area contributed by atoms with Gasteiger partial charge in [0.1, 0.15) is 11.9 Å². The number of nitrogens with zero attached hydrogens (tertiary/aromatic N) is 2. The van der Waals surface area contributed by atoms with E-state index in [1.807, 2.05) is 0 Å². The SMILES string of the molecule is CCCCCCCCCCCC(=O)Nc1ccn([C@@H]2O[C@H](CO)C[C@H]2O)c(=O)n1. The standard InChI is InChI=1S/C21H35N3O5/c1-2-3-4-5-6-7-8-9-10-11-19(27)22-18-12-13-24(21(28)23-18)20-17(26)14-16(15-25)29-20/h12-13,16-17,20,25-26H,2-11,14-15H2,1H3,(H,22,23,27,28)/t16-,17+,20+/m0/s1. The molecule has 1 aromatic heterocycles. The van der Waals surface area contributed by atoms with E-state index < -0.39 is 24.1 Å². The van der Waals surface area contributed by atoms with Crippen molar-refractivity contribution in [2.75, 3.05) is 11.9 Å². The molecule has 0 saturated carbocycles. The number of hydrogen-bond acceptors (Lipinski definition) is 6. The first-order valence-corrected chi connectivity index (χ1v) is 10.9. The lowest BCUT2D eigenvalue weighted by molar-refractivity contribution is -0.116. The van der Waals surface area contributed by atoms with Crippen LogP contribution in [0, 0.1) is 0 Å². The Morgan fingerprint density at radius 3 is 2.45 bits per heavy atom. The minimum atomic E-state index is -0.890. The Hall–Kier alpha value is -1.77. The van der Waals surface area contributed by atoms with Gasteiger partial charge in [0.2, 0.25) is 5.91 Å². The summed E-state index contributed by atoms with van der Waals surface area (Å²) < 4.78 is 6.64. The predicted octanol–water partition coefficient (Wildman–Crippen LogP) is 2.74. The summed E-state index contributed by atoms with van der Waals surface area (Å²) in [5.41, 5.74) is -0.617. The number of nitrogens with one attached hydrogen (secondary N) is 1. The van der Waals surface area contributed by atoms with Crippen molar-refractivity contribution in [1.29, 1.82) is 0 Å². The quantitative estimate of drug-likeness (QED) is 0.432. The molecule has 0 aliphatic carbocycles. The lowest BCUT2D eigenvalue weighted by atomic mass is 10.1. The Bertz CT molecular complexity index is 679. The molecule has 0 bridgehead atoms. The monoisotopic (exact) mass is 409 g/mol. The number of aromatic nitrogens is 2. The van der Waals surface area contributed by atoms with E-state index in [4.69, 9.17) is 9.84 Å². The predicted molar refractivity (Wildman–Crippen MR) is 111 cm³/mol. The summed E-state index contributed by atoms with van der Waals surface area (Å²) in [7, 11) is 0. The van der Waals surface area contributed by atoms with Crippen molar-refractivity contribution < 1.29 is 19.7 Å². The van der Waals surface area contributed by atoms with Crippen LogP contribution in [0.25, 0.3) is 0 Å². The molecule has 1 fully saturated rings. The van der Waals surface area contributed by atoms with Crippen molar-refractivity contribution in [2.24, 2.45) is 0 Å². The number of aliphatic hydroxyl groups excluding tert-OH is 2. The highest BCUT2D eigenvalue weighted by Gasteiger charge is 2.35. The van der Waals surface area contributed by atoms with Gasteiger partial charge in [0, 0.05) is 19.0 Å². The smallest absolute Gasteiger partial charge is 0.351 e. The number of rotatable bonds is 13. The van der Waals surface area contributed by atoms with E-state index in [0.717, 1.165) is 19.3 Å². The molecule has 1 aliphatic rings. The third-order valence-electron chi connectivity index (χ3n) is 5.25. The van der Waals surface area contributed by atoms with Crippen LogP contribution in [0.3, 0.4) is 0 Å². The van der Waals surface area contributed by atoms with Gasteiger partial charge < -0.3 is 20.3 Å². The highest BCUT2D eigenvalue weighted by atomic mass is 16.5. The Labute approximate surface area is 172 Å². The number of aliphatic hydroxyl groups is 2. The van der Waals surface area contributed by atoms with Crippen molar-refractivity contribution in [3.63, 3.8) is 0 Å². The summed E-state index contributed by atoms with van der Waals surface area (Å²) >= 11 is 0. The molecule has 3 N–H and O–H groups in total. The van der Waals surface area contributed by atoms with Crippen LogP contribution in [0.1, 0.15) is 83.8 Å². The van der Waals surface area contributed by atoms with Gasteiger partial charge in [-0.05, 0) is 12.5 Å². The summed E-state index contributed by atoms with van der Waals surface area (Å²) in [5.74, 6) is 0.0356. The second-order valence-electron chi connectivity index (χ2n) is 7.76. The molecule has 29 heavy (non-hydrogen) atoms. The van der Waals surface area contributed by atoms with E-state index in [0.29, 0.717) is 6.42 Å². The molecule has 0 aromatic carbocycles. The van der Waals surface area contributed by atoms with Crippen LogP contribution in [-0.4, -0.2) is 44.5 Å². The summed E-state index contributed by atoms with van der Waals surface area (Å²) in [6.45, 7) is 2.00. The van der Waals surface area contributed by atoms with Crippen LogP contribution >= 0.6 is 0 Å². The maximum atomic E-state index is 12.2. The van der Waals surface area contributed by atoms with Gasteiger partial charge in [0.15, 0.2) is 6.23 Å². The number of anilines is 1. The molecule has 0 unspecified atom stereocenters. The fourth-order valence-electron chi connectivity index (χ4n) is 3.58. The van der Waals surface area contributed by atoms with Crippen LogP contribution in [-0.2, 0) is 9.53 Å². The molecule has 1 amide bonds. The van der Waals surface area contributed by atoms with Crippen LogP contribution in [0.4, 0.5) is 5.82 Å². The number of unbranched alkanes of at least 4 members (excludes halogenated alkanes) is 8. The zero-order valence-electron chi connectivity index (χ0n) is 17.4. The van der Waals surface area contributed by atoms with Gasteiger partial charge in [-0.15, -0.1) is 0 Å². The van der Waals surface area contributed by atoms with Crippen LogP contribution < -0.4 is 11.0 Å². The molecule has 0 radical (unpaired) electrons. The van der Waals surface area contributed by atoms with Crippen LogP contribution in [0.15, 0.2) is 17.1 Å². The average Bonchev–Trinajstić information content (AvgIpc) is 3.07. The fourth-order valence-corrected chi connectivity index (χ4v) is 3.58. The zero-order valence-corrected chi connectivity index (χ0v) is 17.4. The van der Waals surface area contributed by atoms with Gasteiger partial charge >= 0.3 is 5.69 Å². The van der Waals surface area contributed by atoms with Crippen molar-refractivity contribution in [3.8, 4) is 0 Å². The Balaban J connectivity index is 1.69. The second-order valence-corrected chi connectivity index (χ2v) is 7.76. The van der Waals surface area contributed by atoms with Gasteiger partial charge in [-0.25, -0.2) is 4.79 Å². The molecule has 2 heterocycles. The van der Waals surface area contributed by atoms with Gasteiger partial charge in [0.25, 0.3) is 0 Å². The zero-order chi connectivity index (χ0) is 21.1. The number of ether oxygens (including phenoxy) is 1. The van der Waals surface area contributed by atoms with Gasteiger partial charge in [-0.2, -0.15) is 4.98 Å². The first-order chi connectivity index (χ1) is 14.0. The van der Waals surface area contributed by atoms with Crippen molar-refractivity contribution in [3.05, 3.63) is 22.7 Å². The minimum Gasteiger partial charge on any atom is -0.394 e. The molecule has 1 aromatic rings.